The standard InChI is InChI=1S/C21H26N4O3S/c26-20(24-13-17-6-4-10-22-12-17)19-15-25(16-21(19)8-2-1-3-9-21)29(27,28)18-7-5-11-23-14-18/h4-7,10-12,14,19H,1-3,8-9,13,15-16H2,(H,24,26)/t19-/m0/s1. The zero-order valence-electron chi connectivity index (χ0n) is 16.3. The maximum Gasteiger partial charge on any atom is 0.244 e. The van der Waals surface area contributed by atoms with Gasteiger partial charge < -0.3 is 5.32 Å². The molecule has 2 fully saturated rings. The Morgan fingerprint density at radius 3 is 2.48 bits per heavy atom. The van der Waals surface area contributed by atoms with Crippen molar-refractivity contribution in [3.63, 3.8) is 0 Å². The molecule has 0 radical (unpaired) electrons. The monoisotopic (exact) mass is 414 g/mol. The van der Waals surface area contributed by atoms with Gasteiger partial charge in [0.25, 0.3) is 0 Å². The van der Waals surface area contributed by atoms with Crippen LogP contribution in [0.5, 0.6) is 0 Å². The fraction of sp³-hybridized carbons (Fsp3) is 0.476. The SMILES string of the molecule is O=C(NCc1cccnc1)[C@@H]1CN(S(=O)(=O)c2cccnc2)CC12CCCCC2. The molecule has 1 spiro atoms. The molecule has 0 aromatic carbocycles. The van der Waals surface area contributed by atoms with E-state index in [4.69, 9.17) is 0 Å². The normalized spacial score (nSPS) is 21.9. The van der Waals surface area contributed by atoms with Gasteiger partial charge in [0.1, 0.15) is 4.90 Å². The van der Waals surface area contributed by atoms with Gasteiger partial charge in [0.05, 0.1) is 5.92 Å². The topological polar surface area (TPSA) is 92.3 Å². The summed E-state index contributed by atoms with van der Waals surface area (Å²) in [7, 11) is -3.67. The smallest absolute Gasteiger partial charge is 0.244 e. The highest BCUT2D eigenvalue weighted by Gasteiger charge is 2.53. The molecule has 29 heavy (non-hydrogen) atoms. The van der Waals surface area contributed by atoms with Crippen LogP contribution in [0.4, 0.5) is 0 Å². The molecule has 1 aliphatic heterocycles. The molecule has 1 N–H and O–H groups in total. The molecule has 1 atom stereocenters. The van der Waals surface area contributed by atoms with Gasteiger partial charge in [-0.1, -0.05) is 25.3 Å². The van der Waals surface area contributed by atoms with Crippen LogP contribution in [0.3, 0.4) is 0 Å². The van der Waals surface area contributed by atoms with Crippen molar-refractivity contribution in [1.29, 1.82) is 0 Å². The van der Waals surface area contributed by atoms with Crippen molar-refractivity contribution in [2.24, 2.45) is 11.3 Å². The summed E-state index contributed by atoms with van der Waals surface area (Å²) in [5, 5.41) is 3.01. The van der Waals surface area contributed by atoms with E-state index in [1.165, 1.54) is 10.5 Å². The fourth-order valence-corrected chi connectivity index (χ4v) is 6.21. The van der Waals surface area contributed by atoms with E-state index in [9.17, 15) is 13.2 Å². The lowest BCUT2D eigenvalue weighted by Crippen LogP contribution is -2.42. The van der Waals surface area contributed by atoms with Crippen molar-refractivity contribution in [3.05, 3.63) is 54.6 Å². The number of amides is 1. The van der Waals surface area contributed by atoms with Crippen molar-refractivity contribution >= 4 is 15.9 Å². The van der Waals surface area contributed by atoms with Crippen LogP contribution >= 0.6 is 0 Å². The lowest BCUT2D eigenvalue weighted by atomic mass is 9.67. The van der Waals surface area contributed by atoms with Gasteiger partial charge in [-0.15, -0.1) is 0 Å². The zero-order valence-corrected chi connectivity index (χ0v) is 17.1. The molecule has 8 heteroatoms. The van der Waals surface area contributed by atoms with Gasteiger partial charge in [0.2, 0.25) is 15.9 Å². The minimum Gasteiger partial charge on any atom is -0.352 e. The number of nitrogens with one attached hydrogen (secondary N) is 1. The van der Waals surface area contributed by atoms with Crippen molar-refractivity contribution in [2.45, 2.75) is 43.5 Å². The lowest BCUT2D eigenvalue weighted by molar-refractivity contribution is -0.128. The second-order valence-electron chi connectivity index (χ2n) is 8.04. The summed E-state index contributed by atoms with van der Waals surface area (Å²) in [5.74, 6) is -0.412. The van der Waals surface area contributed by atoms with Crippen LogP contribution in [-0.4, -0.2) is 41.7 Å². The van der Waals surface area contributed by atoms with Crippen LogP contribution < -0.4 is 5.32 Å². The third-order valence-electron chi connectivity index (χ3n) is 6.24. The average Bonchev–Trinajstić information content (AvgIpc) is 3.13. The van der Waals surface area contributed by atoms with Crippen LogP contribution in [0, 0.1) is 11.3 Å². The first kappa shape index (κ1) is 20.0. The zero-order chi connectivity index (χ0) is 20.3. The summed E-state index contributed by atoms with van der Waals surface area (Å²) in [6.07, 6.45) is 11.3. The maximum atomic E-state index is 13.2. The molecule has 1 saturated carbocycles. The van der Waals surface area contributed by atoms with Crippen molar-refractivity contribution in [1.82, 2.24) is 19.6 Å². The molecule has 1 aliphatic carbocycles. The van der Waals surface area contributed by atoms with Crippen molar-refractivity contribution in [3.8, 4) is 0 Å². The first-order valence-corrected chi connectivity index (χ1v) is 11.5. The minimum atomic E-state index is -3.67. The van der Waals surface area contributed by atoms with Crippen molar-refractivity contribution in [2.75, 3.05) is 13.1 Å². The Morgan fingerprint density at radius 2 is 1.83 bits per heavy atom. The molecule has 3 heterocycles. The second kappa shape index (κ2) is 8.20. The third kappa shape index (κ3) is 4.04. The molecule has 0 bridgehead atoms. The third-order valence-corrected chi connectivity index (χ3v) is 8.04. The summed E-state index contributed by atoms with van der Waals surface area (Å²) in [4.78, 5) is 21.3. The first-order chi connectivity index (χ1) is 14.0. The molecule has 2 aromatic heterocycles. The van der Waals surface area contributed by atoms with E-state index >= 15 is 0 Å². The largest absolute Gasteiger partial charge is 0.352 e. The highest BCUT2D eigenvalue weighted by Crippen LogP contribution is 2.48. The van der Waals surface area contributed by atoms with Crippen molar-refractivity contribution < 1.29 is 13.2 Å². The Morgan fingerprint density at radius 1 is 1.10 bits per heavy atom. The summed E-state index contributed by atoms with van der Waals surface area (Å²) >= 11 is 0. The van der Waals surface area contributed by atoms with Crippen LogP contribution in [-0.2, 0) is 21.4 Å². The molecule has 1 saturated heterocycles. The molecule has 7 nitrogen and oxygen atoms in total. The molecular weight excluding hydrogens is 388 g/mol. The number of rotatable bonds is 5. The number of hydrogen-bond acceptors (Lipinski definition) is 5. The minimum absolute atomic E-state index is 0.0698. The molecule has 154 valence electrons. The quantitative estimate of drug-likeness (QED) is 0.811. The number of nitrogens with zero attached hydrogens (tertiary/aromatic N) is 3. The number of pyridine rings is 2. The lowest BCUT2D eigenvalue weighted by Gasteiger charge is -2.37. The summed E-state index contributed by atoms with van der Waals surface area (Å²) in [6.45, 7) is 1.01. The Hall–Kier alpha value is -2.32. The average molecular weight is 415 g/mol. The molecule has 0 unspecified atom stereocenters. The van der Waals surface area contributed by atoms with Gasteiger partial charge in [0, 0.05) is 44.4 Å². The van der Waals surface area contributed by atoms with E-state index in [1.807, 2.05) is 12.1 Å². The van der Waals surface area contributed by atoms with E-state index in [1.54, 1.807) is 30.7 Å². The van der Waals surface area contributed by atoms with E-state index in [0.29, 0.717) is 13.1 Å². The molecular formula is C21H26N4O3S. The predicted octanol–water partition coefficient (Wildman–Crippen LogP) is 2.36. The highest BCUT2D eigenvalue weighted by atomic mass is 32.2. The van der Waals surface area contributed by atoms with E-state index in [2.05, 4.69) is 15.3 Å². The fourth-order valence-electron chi connectivity index (χ4n) is 4.69. The van der Waals surface area contributed by atoms with Crippen LogP contribution in [0.1, 0.15) is 37.7 Å². The van der Waals surface area contributed by atoms with Gasteiger partial charge in [-0.3, -0.25) is 14.8 Å². The van der Waals surface area contributed by atoms with Gasteiger partial charge in [0.15, 0.2) is 0 Å². The summed E-state index contributed by atoms with van der Waals surface area (Å²) in [6, 6.07) is 6.93. The predicted molar refractivity (Wildman–Crippen MR) is 108 cm³/mol. The summed E-state index contributed by atoms with van der Waals surface area (Å²) < 4.78 is 27.8. The maximum absolute atomic E-state index is 13.2. The number of hydrogen-bond donors (Lipinski definition) is 1. The number of carbonyl (C=O) groups excluding carboxylic acids is 1. The van der Waals surface area contributed by atoms with Gasteiger partial charge >= 0.3 is 0 Å². The summed E-state index contributed by atoms with van der Waals surface area (Å²) in [5.41, 5.74) is 0.642. The molecule has 4 rings (SSSR count). The van der Waals surface area contributed by atoms with E-state index < -0.39 is 10.0 Å². The molecule has 2 aliphatic rings. The Balaban J connectivity index is 1.55. The number of carbonyl (C=O) groups is 1. The van der Waals surface area contributed by atoms with Crippen LogP contribution in [0.25, 0.3) is 0 Å². The Bertz CT molecular complexity index is 944. The number of aromatic nitrogens is 2. The van der Waals surface area contributed by atoms with E-state index in [0.717, 1.165) is 37.7 Å². The highest BCUT2D eigenvalue weighted by molar-refractivity contribution is 7.89. The Labute approximate surface area is 171 Å². The van der Waals surface area contributed by atoms with Crippen LogP contribution in [0.15, 0.2) is 53.9 Å². The van der Waals surface area contributed by atoms with Gasteiger partial charge in [-0.05, 0) is 42.0 Å². The first-order valence-electron chi connectivity index (χ1n) is 10.1. The number of sulfonamides is 1. The van der Waals surface area contributed by atoms with Gasteiger partial charge in [-0.2, -0.15) is 4.31 Å². The molecule has 1 amide bonds. The van der Waals surface area contributed by atoms with Gasteiger partial charge in [-0.25, -0.2) is 8.42 Å². The second-order valence-corrected chi connectivity index (χ2v) is 9.98. The Kier molecular flexibility index (Phi) is 5.65. The van der Waals surface area contributed by atoms with Crippen LogP contribution in [0.2, 0.25) is 0 Å². The van der Waals surface area contributed by atoms with E-state index in [-0.39, 0.29) is 28.7 Å². The molecule has 2 aromatic rings.